The zero-order valence-corrected chi connectivity index (χ0v) is 9.00. The van der Waals surface area contributed by atoms with E-state index in [1.54, 1.807) is 0 Å². The molecule has 14 heavy (non-hydrogen) atoms. The second-order valence-electron chi connectivity index (χ2n) is 3.45. The van der Waals surface area contributed by atoms with Gasteiger partial charge in [0, 0.05) is 11.1 Å². The van der Waals surface area contributed by atoms with E-state index in [4.69, 9.17) is 23.1 Å². The fourth-order valence-electron chi connectivity index (χ4n) is 1.41. The van der Waals surface area contributed by atoms with Crippen molar-refractivity contribution in [3.8, 4) is 0 Å². The quantitative estimate of drug-likeness (QED) is 0.737. The van der Waals surface area contributed by atoms with E-state index in [1.165, 1.54) is 0 Å². The van der Waals surface area contributed by atoms with Gasteiger partial charge in [-0.25, -0.2) is 0 Å². The third kappa shape index (κ3) is 3.66. The van der Waals surface area contributed by atoms with Crippen LogP contribution in [0.5, 0.6) is 0 Å². The Kier molecular flexibility index (Phi) is 4.94. The SMILES string of the molecule is NCCCC[C@@H](N)c1cccc(Cl)c1. The summed E-state index contributed by atoms with van der Waals surface area (Å²) in [6.45, 7) is 0.738. The average Bonchev–Trinajstić information content (AvgIpc) is 2.18. The molecule has 0 aromatic heterocycles. The number of unbranched alkanes of at least 4 members (excludes halogenated alkanes) is 1. The molecule has 0 spiro atoms. The Morgan fingerprint density at radius 3 is 2.71 bits per heavy atom. The maximum Gasteiger partial charge on any atom is 0.0409 e. The van der Waals surface area contributed by atoms with E-state index in [-0.39, 0.29) is 6.04 Å². The molecule has 1 rings (SSSR count). The summed E-state index contributed by atoms with van der Waals surface area (Å²) in [4.78, 5) is 0. The minimum Gasteiger partial charge on any atom is -0.330 e. The first kappa shape index (κ1) is 11.5. The highest BCUT2D eigenvalue weighted by Crippen LogP contribution is 2.19. The number of hydrogen-bond donors (Lipinski definition) is 2. The van der Waals surface area contributed by atoms with Crippen molar-refractivity contribution in [3.05, 3.63) is 34.9 Å². The third-order valence-corrected chi connectivity index (χ3v) is 2.48. The Balaban J connectivity index is 2.47. The first-order valence-corrected chi connectivity index (χ1v) is 5.33. The molecule has 0 amide bonds. The van der Waals surface area contributed by atoms with Crippen LogP contribution < -0.4 is 11.5 Å². The molecule has 0 unspecified atom stereocenters. The van der Waals surface area contributed by atoms with Gasteiger partial charge in [0.1, 0.15) is 0 Å². The van der Waals surface area contributed by atoms with E-state index in [9.17, 15) is 0 Å². The van der Waals surface area contributed by atoms with Gasteiger partial charge in [-0.1, -0.05) is 30.2 Å². The lowest BCUT2D eigenvalue weighted by Gasteiger charge is -2.11. The predicted octanol–water partition coefficient (Wildman–Crippen LogP) is 2.47. The lowest BCUT2D eigenvalue weighted by molar-refractivity contribution is 0.591. The standard InChI is InChI=1S/C11H17ClN2/c12-10-5-3-4-9(8-10)11(14)6-1-2-7-13/h3-5,8,11H,1-2,6-7,13-14H2/t11-/m1/s1. The molecule has 0 aliphatic carbocycles. The fourth-order valence-corrected chi connectivity index (χ4v) is 1.61. The number of benzene rings is 1. The largest absolute Gasteiger partial charge is 0.330 e. The Labute approximate surface area is 90.2 Å². The maximum absolute atomic E-state index is 6.01. The van der Waals surface area contributed by atoms with E-state index < -0.39 is 0 Å². The highest BCUT2D eigenvalue weighted by atomic mass is 35.5. The van der Waals surface area contributed by atoms with Crippen LogP contribution in [-0.4, -0.2) is 6.54 Å². The molecule has 3 heteroatoms. The summed E-state index contributed by atoms with van der Waals surface area (Å²) in [5.41, 5.74) is 12.5. The van der Waals surface area contributed by atoms with Gasteiger partial charge in [-0.3, -0.25) is 0 Å². The van der Waals surface area contributed by atoms with Crippen LogP contribution in [0, 0.1) is 0 Å². The minimum atomic E-state index is 0.0836. The van der Waals surface area contributed by atoms with Crippen LogP contribution in [0.2, 0.25) is 5.02 Å². The van der Waals surface area contributed by atoms with Crippen molar-refractivity contribution in [2.75, 3.05) is 6.54 Å². The fraction of sp³-hybridized carbons (Fsp3) is 0.455. The van der Waals surface area contributed by atoms with Crippen LogP contribution in [0.15, 0.2) is 24.3 Å². The summed E-state index contributed by atoms with van der Waals surface area (Å²) in [6.07, 6.45) is 3.08. The van der Waals surface area contributed by atoms with Crippen molar-refractivity contribution in [2.45, 2.75) is 25.3 Å². The third-order valence-electron chi connectivity index (χ3n) is 2.25. The van der Waals surface area contributed by atoms with Crippen molar-refractivity contribution in [1.29, 1.82) is 0 Å². The van der Waals surface area contributed by atoms with Gasteiger partial charge in [0.15, 0.2) is 0 Å². The second-order valence-corrected chi connectivity index (χ2v) is 3.88. The van der Waals surface area contributed by atoms with Crippen molar-refractivity contribution in [1.82, 2.24) is 0 Å². The summed E-state index contributed by atoms with van der Waals surface area (Å²) in [6, 6.07) is 7.81. The van der Waals surface area contributed by atoms with Crippen molar-refractivity contribution in [2.24, 2.45) is 11.5 Å². The zero-order valence-electron chi connectivity index (χ0n) is 8.25. The molecule has 0 aliphatic heterocycles. The van der Waals surface area contributed by atoms with Gasteiger partial charge in [0.05, 0.1) is 0 Å². The Hall–Kier alpha value is -0.570. The van der Waals surface area contributed by atoms with Crippen LogP contribution >= 0.6 is 11.6 Å². The average molecular weight is 213 g/mol. The van der Waals surface area contributed by atoms with Gasteiger partial charge in [-0.2, -0.15) is 0 Å². The molecule has 1 aromatic rings. The van der Waals surface area contributed by atoms with E-state index >= 15 is 0 Å². The first-order chi connectivity index (χ1) is 6.74. The van der Waals surface area contributed by atoms with Crippen molar-refractivity contribution >= 4 is 11.6 Å². The van der Waals surface area contributed by atoms with Gasteiger partial charge in [-0.05, 0) is 37.1 Å². The molecule has 4 N–H and O–H groups in total. The molecule has 0 radical (unpaired) electrons. The summed E-state index contributed by atoms with van der Waals surface area (Å²) in [5, 5.41) is 0.747. The number of halogens is 1. The van der Waals surface area contributed by atoms with E-state index in [2.05, 4.69) is 0 Å². The number of rotatable bonds is 5. The summed E-state index contributed by atoms with van der Waals surface area (Å²) >= 11 is 5.87. The Morgan fingerprint density at radius 1 is 1.29 bits per heavy atom. The van der Waals surface area contributed by atoms with Gasteiger partial charge >= 0.3 is 0 Å². The molecule has 1 aromatic carbocycles. The van der Waals surface area contributed by atoms with Gasteiger partial charge in [0.2, 0.25) is 0 Å². The van der Waals surface area contributed by atoms with Crippen LogP contribution in [-0.2, 0) is 0 Å². The lowest BCUT2D eigenvalue weighted by atomic mass is 10.0. The second kappa shape index (κ2) is 6.02. The number of hydrogen-bond acceptors (Lipinski definition) is 2. The molecule has 78 valence electrons. The smallest absolute Gasteiger partial charge is 0.0409 e. The minimum absolute atomic E-state index is 0.0836. The molecule has 0 saturated carbocycles. The molecule has 0 heterocycles. The normalized spacial score (nSPS) is 12.8. The first-order valence-electron chi connectivity index (χ1n) is 4.95. The molecular formula is C11H17ClN2. The molecule has 1 atom stereocenters. The van der Waals surface area contributed by atoms with E-state index in [0.717, 1.165) is 36.4 Å². The highest BCUT2D eigenvalue weighted by molar-refractivity contribution is 6.30. The van der Waals surface area contributed by atoms with Gasteiger partial charge in [-0.15, -0.1) is 0 Å². The summed E-state index contributed by atoms with van der Waals surface area (Å²) < 4.78 is 0. The van der Waals surface area contributed by atoms with Gasteiger partial charge in [0.25, 0.3) is 0 Å². The van der Waals surface area contributed by atoms with E-state index in [1.807, 2.05) is 24.3 Å². The van der Waals surface area contributed by atoms with Crippen LogP contribution in [0.4, 0.5) is 0 Å². The van der Waals surface area contributed by atoms with Crippen molar-refractivity contribution < 1.29 is 0 Å². The van der Waals surface area contributed by atoms with E-state index in [0.29, 0.717) is 0 Å². The highest BCUT2D eigenvalue weighted by Gasteiger charge is 2.05. The number of nitrogens with two attached hydrogens (primary N) is 2. The molecule has 0 fully saturated rings. The van der Waals surface area contributed by atoms with Gasteiger partial charge < -0.3 is 11.5 Å². The zero-order chi connectivity index (χ0) is 10.4. The Morgan fingerprint density at radius 2 is 2.07 bits per heavy atom. The maximum atomic E-state index is 6.01. The molecule has 0 saturated heterocycles. The predicted molar refractivity (Wildman–Crippen MR) is 61.3 cm³/mol. The molecular weight excluding hydrogens is 196 g/mol. The topological polar surface area (TPSA) is 52.0 Å². The molecule has 0 aliphatic rings. The molecule has 2 nitrogen and oxygen atoms in total. The monoisotopic (exact) mass is 212 g/mol. The van der Waals surface area contributed by atoms with Crippen LogP contribution in [0.3, 0.4) is 0 Å². The molecule has 0 bridgehead atoms. The summed E-state index contributed by atoms with van der Waals surface area (Å²) in [7, 11) is 0. The Bertz CT molecular complexity index is 276. The van der Waals surface area contributed by atoms with Crippen molar-refractivity contribution in [3.63, 3.8) is 0 Å². The lowest BCUT2D eigenvalue weighted by Crippen LogP contribution is -2.10. The van der Waals surface area contributed by atoms with Crippen LogP contribution in [0.25, 0.3) is 0 Å². The summed E-state index contributed by atoms with van der Waals surface area (Å²) in [5.74, 6) is 0. The van der Waals surface area contributed by atoms with Crippen LogP contribution in [0.1, 0.15) is 30.9 Å².